The standard InChI is InChI=1S/C15H21N2O2.ClH/c1-12-11-17(12)7-5-16(6-8-17)13-3-2-4-14-15(13)19-10-9-18-14;/h2-4,12H,5-11H2,1H3;1H/q+1;/p-1/t12-;/m1./s1. The van der Waals surface area contributed by atoms with Gasteiger partial charge in [0.1, 0.15) is 25.8 Å². The van der Waals surface area contributed by atoms with Crippen LogP contribution in [0.15, 0.2) is 18.2 Å². The van der Waals surface area contributed by atoms with E-state index in [1.165, 1.54) is 29.8 Å². The molecule has 1 aromatic rings. The predicted octanol–water partition coefficient (Wildman–Crippen LogP) is -1.50. The highest BCUT2D eigenvalue weighted by Gasteiger charge is 2.52. The lowest BCUT2D eigenvalue weighted by Crippen LogP contribution is -3.00. The fraction of sp³-hybridized carbons (Fsp3) is 0.600. The average molecular weight is 297 g/mol. The van der Waals surface area contributed by atoms with Crippen LogP contribution in [0.5, 0.6) is 11.5 Å². The van der Waals surface area contributed by atoms with Gasteiger partial charge in [-0.05, 0) is 19.1 Å². The monoisotopic (exact) mass is 296 g/mol. The first kappa shape index (κ1) is 13.8. The van der Waals surface area contributed by atoms with Crippen molar-refractivity contribution in [2.24, 2.45) is 0 Å². The minimum absolute atomic E-state index is 0. The van der Waals surface area contributed by atoms with Crippen LogP contribution in [0.4, 0.5) is 5.69 Å². The first-order valence-corrected chi connectivity index (χ1v) is 7.28. The number of hydrogen-bond donors (Lipinski definition) is 0. The molecule has 2 saturated heterocycles. The molecule has 0 bridgehead atoms. The summed E-state index contributed by atoms with van der Waals surface area (Å²) in [5, 5.41) is 0. The first-order valence-electron chi connectivity index (χ1n) is 7.28. The van der Waals surface area contributed by atoms with Crippen LogP contribution in [-0.4, -0.2) is 56.5 Å². The summed E-state index contributed by atoms with van der Waals surface area (Å²) in [7, 11) is 0. The summed E-state index contributed by atoms with van der Waals surface area (Å²) >= 11 is 0. The Kier molecular flexibility index (Phi) is 3.46. The third-order valence-corrected chi connectivity index (χ3v) is 4.95. The summed E-state index contributed by atoms with van der Waals surface area (Å²) in [5.41, 5.74) is 1.21. The number of benzene rings is 1. The van der Waals surface area contributed by atoms with Gasteiger partial charge in [-0.2, -0.15) is 0 Å². The molecule has 3 aliphatic heterocycles. The van der Waals surface area contributed by atoms with Crippen LogP contribution >= 0.6 is 0 Å². The van der Waals surface area contributed by atoms with Crippen LogP contribution in [0.25, 0.3) is 0 Å². The van der Waals surface area contributed by atoms with E-state index >= 15 is 0 Å². The number of para-hydroxylation sites is 1. The smallest absolute Gasteiger partial charge is 0.184 e. The molecule has 1 spiro atoms. The molecule has 0 radical (unpaired) electrons. The quantitative estimate of drug-likeness (QED) is 0.465. The number of piperazine rings is 1. The van der Waals surface area contributed by atoms with Crippen molar-refractivity contribution >= 4 is 5.69 Å². The molecule has 0 saturated carbocycles. The van der Waals surface area contributed by atoms with Crippen LogP contribution in [0.3, 0.4) is 0 Å². The van der Waals surface area contributed by atoms with Crippen LogP contribution in [-0.2, 0) is 0 Å². The van der Waals surface area contributed by atoms with E-state index in [1.54, 1.807) is 0 Å². The number of halogens is 1. The van der Waals surface area contributed by atoms with E-state index in [0.717, 1.165) is 30.6 Å². The molecule has 0 N–H and O–H groups in total. The van der Waals surface area contributed by atoms with Crippen molar-refractivity contribution in [1.29, 1.82) is 0 Å². The van der Waals surface area contributed by atoms with Gasteiger partial charge in [-0.25, -0.2) is 0 Å². The lowest BCUT2D eigenvalue weighted by Gasteiger charge is -2.36. The summed E-state index contributed by atoms with van der Waals surface area (Å²) in [4.78, 5) is 2.46. The molecular formula is C15H21ClN2O2. The summed E-state index contributed by atoms with van der Waals surface area (Å²) in [5.74, 6) is 1.85. The second kappa shape index (κ2) is 5.01. The molecule has 4 rings (SSSR count). The zero-order chi connectivity index (χ0) is 12.9. The van der Waals surface area contributed by atoms with Gasteiger partial charge in [-0.15, -0.1) is 0 Å². The second-order valence-corrected chi connectivity index (χ2v) is 5.99. The molecule has 0 amide bonds. The number of quaternary nitrogens is 1. The minimum atomic E-state index is 0. The zero-order valence-corrected chi connectivity index (χ0v) is 12.6. The fourth-order valence-electron chi connectivity index (χ4n) is 3.51. The molecule has 1 aromatic carbocycles. The van der Waals surface area contributed by atoms with Crippen LogP contribution in [0.1, 0.15) is 6.92 Å². The molecular weight excluding hydrogens is 276 g/mol. The zero-order valence-electron chi connectivity index (χ0n) is 11.8. The highest BCUT2D eigenvalue weighted by molar-refractivity contribution is 5.65. The number of fused-ring (bicyclic) bond motifs is 1. The topological polar surface area (TPSA) is 21.7 Å². The van der Waals surface area contributed by atoms with Crippen molar-refractivity contribution in [2.45, 2.75) is 13.0 Å². The molecule has 0 aromatic heterocycles. The molecule has 0 aliphatic carbocycles. The number of ether oxygens (including phenoxy) is 2. The van der Waals surface area contributed by atoms with E-state index in [2.05, 4.69) is 24.0 Å². The Labute approximate surface area is 126 Å². The van der Waals surface area contributed by atoms with Crippen molar-refractivity contribution in [3.8, 4) is 11.5 Å². The lowest BCUT2D eigenvalue weighted by atomic mass is 10.2. The SMILES string of the molecule is C[C@@H]1C[N+]12CCN(c1cccc3c1OCCO3)CC2.[Cl-]. The van der Waals surface area contributed by atoms with Gasteiger partial charge in [-0.3, -0.25) is 0 Å². The summed E-state index contributed by atoms with van der Waals surface area (Å²) in [6.45, 7) is 9.87. The number of nitrogens with zero attached hydrogens (tertiary/aromatic N) is 2. The molecule has 0 unspecified atom stereocenters. The average Bonchev–Trinajstić information content (AvgIpc) is 3.08. The number of anilines is 1. The van der Waals surface area contributed by atoms with Gasteiger partial charge in [0.05, 0.1) is 31.9 Å². The van der Waals surface area contributed by atoms with Gasteiger partial charge >= 0.3 is 0 Å². The lowest BCUT2D eigenvalue weighted by molar-refractivity contribution is -0.813. The molecule has 3 aliphatic rings. The number of rotatable bonds is 1. The molecule has 20 heavy (non-hydrogen) atoms. The fourth-order valence-corrected chi connectivity index (χ4v) is 3.51. The summed E-state index contributed by atoms with van der Waals surface area (Å²) in [6.07, 6.45) is 0. The van der Waals surface area contributed by atoms with Crippen molar-refractivity contribution in [3.05, 3.63) is 18.2 Å². The molecule has 3 heterocycles. The maximum absolute atomic E-state index is 5.82. The Morgan fingerprint density at radius 1 is 1.15 bits per heavy atom. The van der Waals surface area contributed by atoms with Crippen molar-refractivity contribution in [3.63, 3.8) is 0 Å². The van der Waals surface area contributed by atoms with Gasteiger partial charge in [0, 0.05) is 0 Å². The van der Waals surface area contributed by atoms with E-state index in [9.17, 15) is 0 Å². The third kappa shape index (κ3) is 2.11. The molecule has 1 atom stereocenters. The van der Waals surface area contributed by atoms with Crippen molar-refractivity contribution < 1.29 is 26.4 Å². The minimum Gasteiger partial charge on any atom is -1.00 e. The van der Waals surface area contributed by atoms with Crippen molar-refractivity contribution in [1.82, 2.24) is 0 Å². The second-order valence-electron chi connectivity index (χ2n) is 5.99. The molecule has 5 heteroatoms. The van der Waals surface area contributed by atoms with Crippen LogP contribution in [0, 0.1) is 0 Å². The first-order chi connectivity index (χ1) is 9.28. The maximum Gasteiger partial charge on any atom is 0.184 e. The van der Waals surface area contributed by atoms with Gasteiger partial charge in [-0.1, -0.05) is 6.07 Å². The van der Waals surface area contributed by atoms with E-state index in [4.69, 9.17) is 9.47 Å². The molecule has 4 nitrogen and oxygen atoms in total. The van der Waals surface area contributed by atoms with Crippen LogP contribution < -0.4 is 26.8 Å². The Morgan fingerprint density at radius 3 is 2.55 bits per heavy atom. The maximum atomic E-state index is 5.82. The van der Waals surface area contributed by atoms with E-state index in [1.807, 2.05) is 6.07 Å². The Balaban J connectivity index is 0.00000121. The van der Waals surface area contributed by atoms with E-state index in [-0.39, 0.29) is 12.4 Å². The largest absolute Gasteiger partial charge is 1.00 e. The molecule has 2 fully saturated rings. The summed E-state index contributed by atoms with van der Waals surface area (Å²) in [6, 6.07) is 7.12. The van der Waals surface area contributed by atoms with Gasteiger partial charge < -0.3 is 31.3 Å². The van der Waals surface area contributed by atoms with Gasteiger partial charge in [0.2, 0.25) is 0 Å². The van der Waals surface area contributed by atoms with E-state index < -0.39 is 0 Å². The highest BCUT2D eigenvalue weighted by Crippen LogP contribution is 2.41. The van der Waals surface area contributed by atoms with E-state index in [0.29, 0.717) is 13.2 Å². The Morgan fingerprint density at radius 2 is 1.85 bits per heavy atom. The molecule has 110 valence electrons. The number of hydrogen-bond acceptors (Lipinski definition) is 3. The Hall–Kier alpha value is -1.13. The highest BCUT2D eigenvalue weighted by atomic mass is 35.5. The normalized spacial score (nSPS) is 26.1. The van der Waals surface area contributed by atoms with Gasteiger partial charge in [0.25, 0.3) is 0 Å². The summed E-state index contributed by atoms with van der Waals surface area (Å²) < 4.78 is 12.8. The van der Waals surface area contributed by atoms with Gasteiger partial charge in [0.15, 0.2) is 11.5 Å². The van der Waals surface area contributed by atoms with Crippen molar-refractivity contribution in [2.75, 3.05) is 50.8 Å². The predicted molar refractivity (Wildman–Crippen MR) is 74.0 cm³/mol. The van der Waals surface area contributed by atoms with Crippen LogP contribution in [0.2, 0.25) is 0 Å². The Bertz CT molecular complexity index is 501. The third-order valence-electron chi connectivity index (χ3n) is 4.95.